The van der Waals surface area contributed by atoms with Crippen molar-refractivity contribution in [3.05, 3.63) is 52.8 Å². The van der Waals surface area contributed by atoms with Crippen molar-refractivity contribution < 1.29 is 18.8 Å². The smallest absolute Gasteiger partial charge is 0.331 e. The molecule has 7 heteroatoms. The number of hydrogen-bond acceptors (Lipinski definition) is 4. The maximum atomic E-state index is 12.9. The summed E-state index contributed by atoms with van der Waals surface area (Å²) in [5.74, 6) is -0.314. The Morgan fingerprint density at radius 1 is 1.00 bits per heavy atom. The van der Waals surface area contributed by atoms with E-state index in [2.05, 4.69) is 5.32 Å². The van der Waals surface area contributed by atoms with Gasteiger partial charge in [0.1, 0.15) is 17.1 Å². The molecule has 1 aliphatic heterocycles. The normalized spacial score (nSPS) is 20.0. The molecule has 2 aromatic rings. The number of carbonyl (C=O) groups excluding carboxylic acids is 3. The van der Waals surface area contributed by atoms with Gasteiger partial charge in [-0.1, -0.05) is 30.9 Å². The summed E-state index contributed by atoms with van der Waals surface area (Å²) in [6.07, 6.45) is 5.96. The van der Waals surface area contributed by atoms with Crippen LogP contribution < -0.4 is 5.32 Å². The van der Waals surface area contributed by atoms with Crippen LogP contribution in [0.25, 0.3) is 17.4 Å². The molecule has 2 aliphatic rings. The van der Waals surface area contributed by atoms with Gasteiger partial charge in [-0.05, 0) is 55.3 Å². The van der Waals surface area contributed by atoms with Gasteiger partial charge in [-0.2, -0.15) is 0 Å². The molecule has 0 spiro atoms. The van der Waals surface area contributed by atoms with Crippen LogP contribution in [0.15, 0.2) is 46.4 Å². The van der Waals surface area contributed by atoms with Gasteiger partial charge in [-0.25, -0.2) is 4.79 Å². The van der Waals surface area contributed by atoms with Crippen LogP contribution in [-0.4, -0.2) is 28.8 Å². The van der Waals surface area contributed by atoms with Gasteiger partial charge in [0.2, 0.25) is 0 Å². The summed E-state index contributed by atoms with van der Waals surface area (Å²) in [5, 5.41) is 2.89. The Labute approximate surface area is 167 Å². The maximum Gasteiger partial charge on any atom is 0.331 e. The monoisotopic (exact) mass is 398 g/mol. The van der Waals surface area contributed by atoms with E-state index in [0.29, 0.717) is 16.5 Å². The van der Waals surface area contributed by atoms with Crippen molar-refractivity contribution in [2.45, 2.75) is 38.1 Å². The Balaban J connectivity index is 1.61. The number of furan rings is 1. The molecule has 0 unspecified atom stereocenters. The van der Waals surface area contributed by atoms with E-state index in [1.165, 1.54) is 11.0 Å². The molecule has 1 aromatic carbocycles. The molecule has 28 heavy (non-hydrogen) atoms. The van der Waals surface area contributed by atoms with Crippen LogP contribution in [0.1, 0.15) is 37.9 Å². The van der Waals surface area contributed by atoms with Crippen LogP contribution in [0, 0.1) is 0 Å². The summed E-state index contributed by atoms with van der Waals surface area (Å²) >= 11 is 5.90. The molecule has 2 heterocycles. The lowest BCUT2D eigenvalue weighted by atomic mass is 9.93. The van der Waals surface area contributed by atoms with E-state index in [1.54, 1.807) is 24.3 Å². The van der Waals surface area contributed by atoms with Gasteiger partial charge in [0, 0.05) is 16.6 Å². The molecule has 0 bridgehead atoms. The van der Waals surface area contributed by atoms with Crippen molar-refractivity contribution in [1.82, 2.24) is 10.2 Å². The quantitative estimate of drug-likeness (QED) is 0.614. The highest BCUT2D eigenvalue weighted by atomic mass is 35.5. The molecule has 1 saturated carbocycles. The fourth-order valence-electron chi connectivity index (χ4n) is 3.68. The predicted octanol–water partition coefficient (Wildman–Crippen LogP) is 4.39. The van der Waals surface area contributed by atoms with Gasteiger partial charge < -0.3 is 4.42 Å². The van der Waals surface area contributed by atoms with Gasteiger partial charge in [-0.3, -0.25) is 19.8 Å². The van der Waals surface area contributed by atoms with Gasteiger partial charge >= 0.3 is 6.03 Å². The topological polar surface area (TPSA) is 79.6 Å². The SMILES string of the molecule is O=C1NC(=O)N(C2CCCCC2)C(=O)/C1=C\c1ccc(-c2ccc(Cl)cc2)o1. The molecule has 1 aromatic heterocycles. The largest absolute Gasteiger partial charge is 0.457 e. The first-order chi connectivity index (χ1) is 13.5. The number of nitrogens with one attached hydrogen (secondary N) is 1. The van der Waals surface area contributed by atoms with Crippen molar-refractivity contribution in [3.8, 4) is 11.3 Å². The van der Waals surface area contributed by atoms with Crippen LogP contribution in [0.5, 0.6) is 0 Å². The number of hydrogen-bond donors (Lipinski definition) is 1. The highest BCUT2D eigenvalue weighted by Crippen LogP contribution is 2.28. The fraction of sp³-hybridized carbons (Fsp3) is 0.286. The molecule has 4 rings (SSSR count). The predicted molar refractivity (Wildman–Crippen MR) is 104 cm³/mol. The van der Waals surface area contributed by atoms with E-state index in [1.807, 2.05) is 12.1 Å². The van der Waals surface area contributed by atoms with Crippen LogP contribution in [0.2, 0.25) is 5.02 Å². The molecule has 144 valence electrons. The lowest BCUT2D eigenvalue weighted by Crippen LogP contribution is -2.58. The number of urea groups is 1. The summed E-state index contributed by atoms with van der Waals surface area (Å²) in [7, 11) is 0. The second kappa shape index (κ2) is 7.64. The zero-order valence-electron chi connectivity index (χ0n) is 15.1. The summed E-state index contributed by atoms with van der Waals surface area (Å²) < 4.78 is 5.76. The molecule has 1 aliphatic carbocycles. The molecular weight excluding hydrogens is 380 g/mol. The molecule has 2 fully saturated rings. The third-order valence-electron chi connectivity index (χ3n) is 5.12. The number of halogens is 1. The first-order valence-electron chi connectivity index (χ1n) is 9.29. The average molecular weight is 399 g/mol. The first-order valence-corrected chi connectivity index (χ1v) is 9.67. The van der Waals surface area contributed by atoms with E-state index in [9.17, 15) is 14.4 Å². The minimum atomic E-state index is -0.702. The van der Waals surface area contributed by atoms with Crippen LogP contribution in [0.4, 0.5) is 4.79 Å². The number of rotatable bonds is 3. The minimum absolute atomic E-state index is 0.0952. The molecule has 0 atom stereocenters. The van der Waals surface area contributed by atoms with Crippen molar-refractivity contribution in [2.24, 2.45) is 0 Å². The van der Waals surface area contributed by atoms with E-state index in [4.69, 9.17) is 16.0 Å². The van der Waals surface area contributed by atoms with Crippen LogP contribution in [-0.2, 0) is 9.59 Å². The summed E-state index contributed by atoms with van der Waals surface area (Å²) in [4.78, 5) is 38.6. The van der Waals surface area contributed by atoms with Crippen molar-refractivity contribution in [2.75, 3.05) is 0 Å². The Morgan fingerprint density at radius 3 is 2.43 bits per heavy atom. The van der Waals surface area contributed by atoms with E-state index in [-0.39, 0.29) is 11.6 Å². The maximum absolute atomic E-state index is 12.9. The van der Waals surface area contributed by atoms with Crippen molar-refractivity contribution >= 4 is 35.5 Å². The number of barbiturate groups is 1. The van der Waals surface area contributed by atoms with Gasteiger partial charge in [0.05, 0.1) is 0 Å². The van der Waals surface area contributed by atoms with Gasteiger partial charge in [0.15, 0.2) is 0 Å². The van der Waals surface area contributed by atoms with Crippen molar-refractivity contribution in [3.63, 3.8) is 0 Å². The molecule has 6 nitrogen and oxygen atoms in total. The molecule has 1 N–H and O–H groups in total. The second-order valence-electron chi connectivity index (χ2n) is 6.99. The Morgan fingerprint density at radius 2 is 1.71 bits per heavy atom. The number of benzene rings is 1. The fourth-order valence-corrected chi connectivity index (χ4v) is 3.81. The van der Waals surface area contributed by atoms with Gasteiger partial charge in [-0.15, -0.1) is 0 Å². The highest BCUT2D eigenvalue weighted by molar-refractivity contribution is 6.31. The minimum Gasteiger partial charge on any atom is -0.457 e. The molecule has 0 radical (unpaired) electrons. The van der Waals surface area contributed by atoms with Crippen LogP contribution in [0.3, 0.4) is 0 Å². The lowest BCUT2D eigenvalue weighted by molar-refractivity contribution is -0.132. The molecule has 1 saturated heterocycles. The third kappa shape index (κ3) is 3.60. The van der Waals surface area contributed by atoms with E-state index >= 15 is 0 Å². The number of imide groups is 2. The third-order valence-corrected chi connectivity index (χ3v) is 5.37. The molecular formula is C21H19ClN2O4. The Hall–Kier alpha value is -2.86. The number of carbonyl (C=O) groups is 3. The zero-order valence-corrected chi connectivity index (χ0v) is 15.9. The highest BCUT2D eigenvalue weighted by Gasteiger charge is 2.40. The summed E-state index contributed by atoms with van der Waals surface area (Å²) in [6.45, 7) is 0. The lowest BCUT2D eigenvalue weighted by Gasteiger charge is -2.35. The summed E-state index contributed by atoms with van der Waals surface area (Å²) in [5.41, 5.74) is 0.731. The second-order valence-corrected chi connectivity index (χ2v) is 7.43. The summed E-state index contributed by atoms with van der Waals surface area (Å²) in [6, 6.07) is 9.77. The van der Waals surface area contributed by atoms with Crippen molar-refractivity contribution in [1.29, 1.82) is 0 Å². The zero-order chi connectivity index (χ0) is 19.7. The van der Waals surface area contributed by atoms with E-state index < -0.39 is 17.8 Å². The Bertz CT molecular complexity index is 955. The first kappa shape index (κ1) is 18.5. The van der Waals surface area contributed by atoms with E-state index in [0.717, 1.165) is 37.7 Å². The molecule has 4 amide bonds. The number of amides is 4. The average Bonchev–Trinajstić information content (AvgIpc) is 3.15. The Kier molecular flexibility index (Phi) is 5.05. The number of nitrogens with zero attached hydrogens (tertiary/aromatic N) is 1. The standard InChI is InChI=1S/C21H19ClN2O4/c22-14-8-6-13(7-9-14)18-11-10-16(28-18)12-17-19(25)23-21(27)24(20(17)26)15-4-2-1-3-5-15/h6-12,15H,1-5H2,(H,23,25,27)/b17-12-. The van der Waals surface area contributed by atoms with Gasteiger partial charge in [0.25, 0.3) is 11.8 Å². The van der Waals surface area contributed by atoms with Crippen LogP contribution >= 0.6 is 11.6 Å².